The molecule has 2 atom stereocenters. The fourth-order valence-electron chi connectivity index (χ4n) is 2.75. The zero-order valence-electron chi connectivity index (χ0n) is 13.4. The summed E-state index contributed by atoms with van der Waals surface area (Å²) < 4.78 is 5.51. The van der Waals surface area contributed by atoms with E-state index in [4.69, 9.17) is 4.74 Å². The number of nitrogens with one attached hydrogen (secondary N) is 1. The van der Waals surface area contributed by atoms with Crippen molar-refractivity contribution in [3.63, 3.8) is 0 Å². The molecule has 1 N–H and O–H groups in total. The van der Waals surface area contributed by atoms with Gasteiger partial charge in [-0.25, -0.2) is 4.79 Å². The number of hydrogen-bond donors (Lipinski definition) is 1. The number of nitrogens with zero attached hydrogens (tertiary/aromatic N) is 1. The first-order valence-electron chi connectivity index (χ1n) is 7.68. The predicted octanol–water partition coefficient (Wildman–Crippen LogP) is 3.89. The highest BCUT2D eigenvalue weighted by atomic mass is 16.6. The quantitative estimate of drug-likeness (QED) is 0.918. The van der Waals surface area contributed by atoms with Crippen LogP contribution < -0.4 is 5.32 Å². The number of hydrogen-bond acceptors (Lipinski definition) is 3. The summed E-state index contributed by atoms with van der Waals surface area (Å²) in [6.07, 6.45) is 1.84. The van der Waals surface area contributed by atoms with Gasteiger partial charge in [0, 0.05) is 18.3 Å². The van der Waals surface area contributed by atoms with Gasteiger partial charge in [-0.2, -0.15) is 0 Å². The highest BCUT2D eigenvalue weighted by Gasteiger charge is 2.35. The van der Waals surface area contributed by atoms with Gasteiger partial charge in [-0.1, -0.05) is 18.2 Å². The SMILES string of the molecule is C[C@H](Nc1ccccc1)[C@@H]1CCCN1C(=O)OC(C)(C)C. The molecule has 0 saturated carbocycles. The van der Waals surface area contributed by atoms with Crippen molar-refractivity contribution in [2.75, 3.05) is 11.9 Å². The molecule has 4 nitrogen and oxygen atoms in total. The molecule has 0 spiro atoms. The van der Waals surface area contributed by atoms with E-state index in [1.54, 1.807) is 0 Å². The molecule has 0 aliphatic carbocycles. The van der Waals surface area contributed by atoms with Crippen LogP contribution >= 0.6 is 0 Å². The van der Waals surface area contributed by atoms with Crippen molar-refractivity contribution in [1.82, 2.24) is 4.90 Å². The lowest BCUT2D eigenvalue weighted by Gasteiger charge is -2.32. The van der Waals surface area contributed by atoms with Crippen molar-refractivity contribution in [3.8, 4) is 0 Å². The average Bonchev–Trinajstić information content (AvgIpc) is 2.87. The Morgan fingerprint density at radius 2 is 2.00 bits per heavy atom. The van der Waals surface area contributed by atoms with Gasteiger partial charge in [-0.05, 0) is 52.7 Å². The molecule has 4 heteroatoms. The highest BCUT2D eigenvalue weighted by molar-refractivity contribution is 5.69. The number of para-hydroxylation sites is 1. The van der Waals surface area contributed by atoms with Crippen LogP contribution in [0.3, 0.4) is 0 Å². The van der Waals surface area contributed by atoms with E-state index in [-0.39, 0.29) is 18.2 Å². The van der Waals surface area contributed by atoms with Crippen LogP contribution in [-0.2, 0) is 4.74 Å². The molecule has 1 fully saturated rings. The van der Waals surface area contributed by atoms with Gasteiger partial charge < -0.3 is 15.0 Å². The molecular formula is C17H26N2O2. The molecule has 21 heavy (non-hydrogen) atoms. The minimum absolute atomic E-state index is 0.181. The highest BCUT2D eigenvalue weighted by Crippen LogP contribution is 2.24. The Kier molecular flexibility index (Phi) is 4.76. The summed E-state index contributed by atoms with van der Waals surface area (Å²) in [7, 11) is 0. The normalized spacial score (nSPS) is 20.2. The van der Waals surface area contributed by atoms with E-state index in [0.29, 0.717) is 0 Å². The van der Waals surface area contributed by atoms with E-state index in [1.807, 2.05) is 56.0 Å². The van der Waals surface area contributed by atoms with Crippen molar-refractivity contribution in [2.45, 2.75) is 58.2 Å². The lowest BCUT2D eigenvalue weighted by atomic mass is 10.1. The van der Waals surface area contributed by atoms with Crippen molar-refractivity contribution in [2.24, 2.45) is 0 Å². The second-order valence-electron chi connectivity index (χ2n) is 6.68. The lowest BCUT2D eigenvalue weighted by Crippen LogP contribution is -2.46. The van der Waals surface area contributed by atoms with E-state index >= 15 is 0 Å². The molecule has 1 aromatic carbocycles. The van der Waals surface area contributed by atoms with Crippen molar-refractivity contribution in [1.29, 1.82) is 0 Å². The maximum atomic E-state index is 12.3. The van der Waals surface area contributed by atoms with Gasteiger partial charge in [0.05, 0.1) is 6.04 Å². The van der Waals surface area contributed by atoms with Gasteiger partial charge in [0.15, 0.2) is 0 Å². The van der Waals surface area contributed by atoms with E-state index in [2.05, 4.69) is 12.2 Å². The number of likely N-dealkylation sites (tertiary alicyclic amines) is 1. The number of carbonyl (C=O) groups excluding carboxylic acids is 1. The van der Waals surface area contributed by atoms with Crippen molar-refractivity contribution in [3.05, 3.63) is 30.3 Å². The Morgan fingerprint density at radius 1 is 1.33 bits per heavy atom. The van der Waals surface area contributed by atoms with Crippen LogP contribution in [0.1, 0.15) is 40.5 Å². The second-order valence-corrected chi connectivity index (χ2v) is 6.68. The lowest BCUT2D eigenvalue weighted by molar-refractivity contribution is 0.0216. The Labute approximate surface area is 127 Å². The van der Waals surface area contributed by atoms with Crippen LogP contribution in [0.5, 0.6) is 0 Å². The van der Waals surface area contributed by atoms with Gasteiger partial charge in [0.1, 0.15) is 5.60 Å². The summed E-state index contributed by atoms with van der Waals surface area (Å²) in [6, 6.07) is 10.5. The zero-order valence-corrected chi connectivity index (χ0v) is 13.4. The summed E-state index contributed by atoms with van der Waals surface area (Å²) in [5.41, 5.74) is 0.640. The molecule has 2 rings (SSSR count). The Bertz CT molecular complexity index is 467. The number of benzene rings is 1. The summed E-state index contributed by atoms with van der Waals surface area (Å²) in [4.78, 5) is 14.2. The van der Waals surface area contributed by atoms with Crippen LogP contribution in [0, 0.1) is 0 Å². The third-order valence-corrected chi connectivity index (χ3v) is 3.67. The van der Waals surface area contributed by atoms with E-state index in [9.17, 15) is 4.79 Å². The topological polar surface area (TPSA) is 41.6 Å². The number of rotatable bonds is 3. The predicted molar refractivity (Wildman–Crippen MR) is 85.5 cm³/mol. The van der Waals surface area contributed by atoms with Crippen LogP contribution in [0.15, 0.2) is 30.3 Å². The first-order chi connectivity index (χ1) is 9.87. The molecule has 1 heterocycles. The first-order valence-corrected chi connectivity index (χ1v) is 7.68. The Morgan fingerprint density at radius 3 is 2.62 bits per heavy atom. The fraction of sp³-hybridized carbons (Fsp3) is 0.588. The Hall–Kier alpha value is -1.71. The smallest absolute Gasteiger partial charge is 0.410 e. The summed E-state index contributed by atoms with van der Waals surface area (Å²) in [5.74, 6) is 0. The molecule has 1 aromatic rings. The van der Waals surface area contributed by atoms with Gasteiger partial charge in [0.25, 0.3) is 0 Å². The van der Waals surface area contributed by atoms with Crippen LogP contribution in [0.4, 0.5) is 10.5 Å². The zero-order chi connectivity index (χ0) is 15.5. The summed E-state index contributed by atoms with van der Waals surface area (Å²) in [5, 5.41) is 3.48. The van der Waals surface area contributed by atoms with Crippen molar-refractivity contribution < 1.29 is 9.53 Å². The molecule has 0 aromatic heterocycles. The molecule has 1 saturated heterocycles. The van der Waals surface area contributed by atoms with E-state index in [0.717, 1.165) is 25.1 Å². The minimum atomic E-state index is -0.444. The second kappa shape index (κ2) is 6.37. The molecule has 116 valence electrons. The Balaban J connectivity index is 1.99. The minimum Gasteiger partial charge on any atom is -0.444 e. The third kappa shape index (κ3) is 4.38. The first kappa shape index (κ1) is 15.7. The molecule has 1 aliphatic heterocycles. The largest absolute Gasteiger partial charge is 0.444 e. The summed E-state index contributed by atoms with van der Waals surface area (Å²) in [6.45, 7) is 8.62. The maximum absolute atomic E-state index is 12.3. The maximum Gasteiger partial charge on any atom is 0.410 e. The molecule has 0 bridgehead atoms. The van der Waals surface area contributed by atoms with Crippen LogP contribution in [0.2, 0.25) is 0 Å². The number of anilines is 1. The molecule has 1 aliphatic rings. The number of carbonyl (C=O) groups is 1. The molecule has 0 radical (unpaired) electrons. The van der Waals surface area contributed by atoms with Crippen LogP contribution in [-0.4, -0.2) is 35.2 Å². The number of amides is 1. The standard InChI is InChI=1S/C17H26N2O2/c1-13(18-14-9-6-5-7-10-14)15-11-8-12-19(15)16(20)21-17(2,3)4/h5-7,9-10,13,15,18H,8,11-12H2,1-4H3/t13-,15-/m0/s1. The summed E-state index contributed by atoms with van der Waals surface area (Å²) >= 11 is 0. The van der Waals surface area contributed by atoms with Gasteiger partial charge in [-0.15, -0.1) is 0 Å². The fourth-order valence-corrected chi connectivity index (χ4v) is 2.75. The van der Waals surface area contributed by atoms with Gasteiger partial charge >= 0.3 is 6.09 Å². The molecule has 1 amide bonds. The molecule has 0 unspecified atom stereocenters. The molecular weight excluding hydrogens is 264 g/mol. The van der Waals surface area contributed by atoms with Crippen molar-refractivity contribution >= 4 is 11.8 Å². The van der Waals surface area contributed by atoms with E-state index in [1.165, 1.54) is 0 Å². The average molecular weight is 290 g/mol. The van der Waals surface area contributed by atoms with Gasteiger partial charge in [-0.3, -0.25) is 0 Å². The van der Waals surface area contributed by atoms with Gasteiger partial charge in [0.2, 0.25) is 0 Å². The monoisotopic (exact) mass is 290 g/mol. The van der Waals surface area contributed by atoms with Crippen LogP contribution in [0.25, 0.3) is 0 Å². The third-order valence-electron chi connectivity index (χ3n) is 3.67. The van der Waals surface area contributed by atoms with E-state index < -0.39 is 5.60 Å². The number of ether oxygens (including phenoxy) is 1.